The summed E-state index contributed by atoms with van der Waals surface area (Å²) >= 11 is 6.00. The number of hydrogen-bond acceptors (Lipinski definition) is 3. The van der Waals surface area contributed by atoms with Gasteiger partial charge in [0.25, 0.3) is 0 Å². The average molecular weight is 277 g/mol. The second kappa shape index (κ2) is 5.35. The van der Waals surface area contributed by atoms with E-state index in [1.54, 1.807) is 0 Å². The Morgan fingerprint density at radius 3 is 3.11 bits per heavy atom. The van der Waals surface area contributed by atoms with Gasteiger partial charge in [-0.2, -0.15) is 0 Å². The first-order valence-corrected chi connectivity index (χ1v) is 7.00. The minimum absolute atomic E-state index is 0.392. The van der Waals surface area contributed by atoms with Crippen molar-refractivity contribution in [1.82, 2.24) is 4.98 Å². The van der Waals surface area contributed by atoms with E-state index in [0.29, 0.717) is 12.0 Å². The fraction of sp³-hybridized carbons (Fsp3) is 0.400. The van der Waals surface area contributed by atoms with Gasteiger partial charge >= 0.3 is 0 Å². The van der Waals surface area contributed by atoms with Crippen LogP contribution in [0.5, 0.6) is 0 Å². The van der Waals surface area contributed by atoms with E-state index < -0.39 is 0 Å². The van der Waals surface area contributed by atoms with Crippen LogP contribution in [0, 0.1) is 5.92 Å². The van der Waals surface area contributed by atoms with Gasteiger partial charge in [-0.3, -0.25) is 4.98 Å². The van der Waals surface area contributed by atoms with E-state index >= 15 is 0 Å². The largest absolute Gasteiger partial charge is 0.382 e. The van der Waals surface area contributed by atoms with Crippen molar-refractivity contribution in [1.29, 1.82) is 0 Å². The first-order chi connectivity index (χ1) is 9.24. The summed E-state index contributed by atoms with van der Waals surface area (Å²) in [5.74, 6) is 0.579. The van der Waals surface area contributed by atoms with Crippen molar-refractivity contribution in [2.24, 2.45) is 5.92 Å². The third-order valence-electron chi connectivity index (χ3n) is 3.76. The third kappa shape index (κ3) is 2.67. The number of benzene rings is 1. The smallest absolute Gasteiger partial charge is 0.0737 e. The van der Waals surface area contributed by atoms with Crippen LogP contribution in [0.2, 0.25) is 5.02 Å². The molecule has 4 heteroatoms. The molecule has 2 aromatic rings. The van der Waals surface area contributed by atoms with Gasteiger partial charge in [-0.05, 0) is 37.6 Å². The summed E-state index contributed by atoms with van der Waals surface area (Å²) in [5.41, 5.74) is 2.04. The lowest BCUT2D eigenvalue weighted by molar-refractivity contribution is 0.183. The van der Waals surface area contributed by atoms with Crippen LogP contribution in [0.15, 0.2) is 30.5 Å². The number of rotatable bonds is 3. The van der Waals surface area contributed by atoms with Crippen molar-refractivity contribution >= 4 is 28.2 Å². The molecule has 1 saturated heterocycles. The van der Waals surface area contributed by atoms with Crippen molar-refractivity contribution < 1.29 is 4.74 Å². The molecule has 3 nitrogen and oxygen atoms in total. The van der Waals surface area contributed by atoms with Crippen molar-refractivity contribution in [3.63, 3.8) is 0 Å². The molecule has 1 aliphatic heterocycles. The minimum atomic E-state index is 0.392. The summed E-state index contributed by atoms with van der Waals surface area (Å²) in [4.78, 5) is 4.36. The van der Waals surface area contributed by atoms with Crippen molar-refractivity contribution in [2.75, 3.05) is 18.5 Å². The standard InChI is InChI=1S/C15H17ClN2O/c1-10(11-5-7-19-9-11)18-14-4-6-17-15-8-12(16)2-3-13(14)15/h2-4,6,8,10-11H,5,7,9H2,1H3,(H,17,18). The van der Waals surface area contributed by atoms with Gasteiger partial charge in [0, 0.05) is 40.9 Å². The molecule has 100 valence electrons. The quantitative estimate of drug-likeness (QED) is 0.928. The minimum Gasteiger partial charge on any atom is -0.382 e. The zero-order valence-corrected chi connectivity index (χ0v) is 11.7. The van der Waals surface area contributed by atoms with E-state index in [2.05, 4.69) is 17.2 Å². The van der Waals surface area contributed by atoms with Gasteiger partial charge in [0.2, 0.25) is 0 Å². The van der Waals surface area contributed by atoms with Crippen LogP contribution in [0.3, 0.4) is 0 Å². The lowest BCUT2D eigenvalue weighted by Crippen LogP contribution is -2.26. The van der Waals surface area contributed by atoms with Gasteiger partial charge in [-0.1, -0.05) is 11.6 Å². The topological polar surface area (TPSA) is 34.2 Å². The van der Waals surface area contributed by atoms with Crippen LogP contribution in [0.25, 0.3) is 10.9 Å². The van der Waals surface area contributed by atoms with E-state index in [0.717, 1.165) is 41.2 Å². The van der Waals surface area contributed by atoms with E-state index in [9.17, 15) is 0 Å². The Morgan fingerprint density at radius 1 is 1.42 bits per heavy atom. The lowest BCUT2D eigenvalue weighted by Gasteiger charge is -2.21. The first kappa shape index (κ1) is 12.7. The van der Waals surface area contributed by atoms with Crippen LogP contribution in [0.4, 0.5) is 5.69 Å². The highest BCUT2D eigenvalue weighted by atomic mass is 35.5. The fourth-order valence-electron chi connectivity index (χ4n) is 2.56. The van der Waals surface area contributed by atoms with Gasteiger partial charge in [-0.25, -0.2) is 0 Å². The summed E-state index contributed by atoms with van der Waals surface area (Å²) in [6, 6.07) is 8.22. The van der Waals surface area contributed by atoms with Crippen molar-refractivity contribution in [2.45, 2.75) is 19.4 Å². The number of anilines is 1. The monoisotopic (exact) mass is 276 g/mol. The second-order valence-electron chi connectivity index (χ2n) is 5.08. The van der Waals surface area contributed by atoms with E-state index in [-0.39, 0.29) is 0 Å². The second-order valence-corrected chi connectivity index (χ2v) is 5.51. The normalized spacial score (nSPS) is 20.6. The third-order valence-corrected chi connectivity index (χ3v) is 4.00. The van der Waals surface area contributed by atoms with Gasteiger partial charge in [0.05, 0.1) is 12.1 Å². The zero-order chi connectivity index (χ0) is 13.2. The van der Waals surface area contributed by atoms with E-state index in [1.165, 1.54) is 0 Å². The first-order valence-electron chi connectivity index (χ1n) is 6.62. The highest BCUT2D eigenvalue weighted by molar-refractivity contribution is 6.31. The summed E-state index contributed by atoms with van der Waals surface area (Å²) in [6.07, 6.45) is 2.95. The molecule has 0 aliphatic carbocycles. The molecule has 2 unspecified atom stereocenters. The van der Waals surface area contributed by atoms with Gasteiger partial charge in [-0.15, -0.1) is 0 Å². The molecule has 0 amide bonds. The number of aromatic nitrogens is 1. The number of pyridine rings is 1. The number of ether oxygens (including phenoxy) is 1. The molecule has 1 aromatic carbocycles. The molecule has 0 radical (unpaired) electrons. The Bertz CT molecular complexity index is 581. The molecule has 2 heterocycles. The maximum absolute atomic E-state index is 6.00. The predicted molar refractivity (Wildman–Crippen MR) is 78.8 cm³/mol. The summed E-state index contributed by atoms with van der Waals surface area (Å²) < 4.78 is 5.45. The maximum Gasteiger partial charge on any atom is 0.0737 e. The zero-order valence-electron chi connectivity index (χ0n) is 10.9. The molecular formula is C15H17ClN2O. The Morgan fingerprint density at radius 2 is 2.32 bits per heavy atom. The highest BCUT2D eigenvalue weighted by Crippen LogP contribution is 2.27. The van der Waals surface area contributed by atoms with Crippen LogP contribution >= 0.6 is 11.6 Å². The molecule has 3 rings (SSSR count). The molecule has 1 fully saturated rings. The summed E-state index contributed by atoms with van der Waals surface area (Å²) in [6.45, 7) is 3.94. The van der Waals surface area contributed by atoms with E-state index in [1.807, 2.05) is 30.5 Å². The lowest BCUT2D eigenvalue weighted by atomic mass is 10.00. The Hall–Kier alpha value is -1.32. The van der Waals surface area contributed by atoms with Gasteiger partial charge < -0.3 is 10.1 Å². The molecule has 1 N–H and O–H groups in total. The van der Waals surface area contributed by atoms with Crippen LogP contribution < -0.4 is 5.32 Å². The molecule has 19 heavy (non-hydrogen) atoms. The SMILES string of the molecule is CC(Nc1ccnc2cc(Cl)ccc12)C1CCOC1. The molecule has 0 bridgehead atoms. The number of nitrogens with zero attached hydrogens (tertiary/aromatic N) is 1. The molecule has 1 aromatic heterocycles. The van der Waals surface area contributed by atoms with Crippen LogP contribution in [0.1, 0.15) is 13.3 Å². The highest BCUT2D eigenvalue weighted by Gasteiger charge is 2.22. The molecule has 0 spiro atoms. The molecule has 1 aliphatic rings. The van der Waals surface area contributed by atoms with Crippen LogP contribution in [-0.4, -0.2) is 24.2 Å². The predicted octanol–water partition coefficient (Wildman–Crippen LogP) is 3.73. The van der Waals surface area contributed by atoms with Crippen molar-refractivity contribution in [3.8, 4) is 0 Å². The van der Waals surface area contributed by atoms with Gasteiger partial charge in [0.15, 0.2) is 0 Å². The number of hydrogen-bond donors (Lipinski definition) is 1. The van der Waals surface area contributed by atoms with E-state index in [4.69, 9.17) is 16.3 Å². The summed E-state index contributed by atoms with van der Waals surface area (Å²) in [7, 11) is 0. The summed E-state index contributed by atoms with van der Waals surface area (Å²) in [5, 5.41) is 5.41. The number of nitrogens with one attached hydrogen (secondary N) is 1. The Balaban J connectivity index is 1.87. The Labute approximate surface area is 117 Å². The average Bonchev–Trinajstić information content (AvgIpc) is 2.92. The maximum atomic E-state index is 6.00. The molecular weight excluding hydrogens is 260 g/mol. The molecule has 2 atom stereocenters. The number of halogens is 1. The van der Waals surface area contributed by atoms with Crippen LogP contribution in [-0.2, 0) is 4.74 Å². The number of fused-ring (bicyclic) bond motifs is 1. The molecule has 0 saturated carbocycles. The Kier molecular flexibility index (Phi) is 3.58. The fourth-order valence-corrected chi connectivity index (χ4v) is 2.72. The van der Waals surface area contributed by atoms with Gasteiger partial charge in [0.1, 0.15) is 0 Å². The van der Waals surface area contributed by atoms with Crippen molar-refractivity contribution in [3.05, 3.63) is 35.5 Å².